The van der Waals surface area contributed by atoms with Crippen molar-refractivity contribution in [2.45, 2.75) is 37.8 Å². The van der Waals surface area contributed by atoms with Crippen molar-refractivity contribution in [3.8, 4) is 0 Å². The normalized spacial score (nSPS) is 30.3. The van der Waals surface area contributed by atoms with Gasteiger partial charge in [-0.25, -0.2) is 0 Å². The summed E-state index contributed by atoms with van der Waals surface area (Å²) in [6.45, 7) is 7.66. The Kier molecular flexibility index (Phi) is 5.24. The lowest BCUT2D eigenvalue weighted by atomic mass is 9.57. The van der Waals surface area contributed by atoms with Crippen molar-refractivity contribution in [2.75, 3.05) is 39.3 Å². The van der Waals surface area contributed by atoms with Gasteiger partial charge in [-0.2, -0.15) is 0 Å². The summed E-state index contributed by atoms with van der Waals surface area (Å²) in [5.74, 6) is 1.18. The van der Waals surface area contributed by atoms with Crippen molar-refractivity contribution in [3.05, 3.63) is 75.5 Å². The van der Waals surface area contributed by atoms with Crippen LogP contribution in [0.4, 0.5) is 0 Å². The predicted molar refractivity (Wildman–Crippen MR) is 125 cm³/mol. The highest BCUT2D eigenvalue weighted by Gasteiger charge is 2.52. The van der Waals surface area contributed by atoms with Crippen LogP contribution in [0.2, 0.25) is 0 Å². The molecule has 2 aliphatic carbocycles. The van der Waals surface area contributed by atoms with E-state index in [-0.39, 0.29) is 11.1 Å². The fraction of sp³-hybridized carbons (Fsp3) is 0.538. The lowest BCUT2D eigenvalue weighted by Crippen LogP contribution is -2.59. The minimum absolute atomic E-state index is 0.00789. The van der Waals surface area contributed by atoms with E-state index in [1.165, 1.54) is 24.0 Å². The molecule has 0 spiro atoms. The van der Waals surface area contributed by atoms with Gasteiger partial charge in [0.05, 0.1) is 5.54 Å². The molecule has 2 saturated heterocycles. The molecule has 168 valence electrons. The number of piperidine rings is 1. The van der Waals surface area contributed by atoms with Crippen molar-refractivity contribution < 1.29 is 0 Å². The lowest BCUT2D eigenvalue weighted by molar-refractivity contribution is 0.0806. The topological polar surface area (TPSA) is 64.3 Å². The molecule has 2 N–H and O–H groups in total. The number of H-pyrrole nitrogens is 1. The summed E-state index contributed by atoms with van der Waals surface area (Å²) >= 11 is 0. The Labute approximate surface area is 189 Å². The second kappa shape index (κ2) is 8.25. The third-order valence-electron chi connectivity index (χ3n) is 8.21. The first-order valence-corrected chi connectivity index (χ1v) is 12.2. The highest BCUT2D eigenvalue weighted by Crippen LogP contribution is 2.52. The molecular formula is C26H33N5O. The fourth-order valence-corrected chi connectivity index (χ4v) is 6.79. The minimum Gasteiger partial charge on any atom is -0.326 e. The average molecular weight is 432 g/mol. The van der Waals surface area contributed by atoms with E-state index in [2.05, 4.69) is 49.4 Å². The van der Waals surface area contributed by atoms with Crippen LogP contribution in [0.3, 0.4) is 0 Å². The van der Waals surface area contributed by atoms with Gasteiger partial charge in [0.15, 0.2) is 0 Å². The maximum absolute atomic E-state index is 12.0. The molecule has 32 heavy (non-hydrogen) atoms. The summed E-state index contributed by atoms with van der Waals surface area (Å²) in [7, 11) is 0. The van der Waals surface area contributed by atoms with Gasteiger partial charge >= 0.3 is 0 Å². The van der Waals surface area contributed by atoms with Crippen molar-refractivity contribution in [3.63, 3.8) is 0 Å². The number of aromatic amines is 1. The van der Waals surface area contributed by atoms with E-state index in [0.717, 1.165) is 64.3 Å². The number of piperazine rings is 1. The molecule has 0 radical (unpaired) electrons. The summed E-state index contributed by atoms with van der Waals surface area (Å²) in [5.41, 5.74) is 5.48. The minimum atomic E-state index is 0.00789. The van der Waals surface area contributed by atoms with Gasteiger partial charge < -0.3 is 10.3 Å². The van der Waals surface area contributed by atoms with Crippen LogP contribution in [0.5, 0.6) is 0 Å². The highest BCUT2D eigenvalue weighted by molar-refractivity contribution is 5.40. The van der Waals surface area contributed by atoms with E-state index in [0.29, 0.717) is 11.8 Å². The monoisotopic (exact) mass is 431 g/mol. The molecule has 2 bridgehead atoms. The SMILES string of the molecule is O=c1ccc2c([nH]1)CC1C=C(CN3CCN(Cc4ccncc4)CC3)CC23NCCCC13. The Bertz CT molecular complexity index is 1060. The standard InChI is InChI=1S/C26H33N5O/c32-25-4-3-23-24(29-25)15-21-14-20(16-26(23)22(21)2-1-7-28-26)18-31-12-10-30(11-13-31)17-19-5-8-27-9-6-19/h3-6,8-9,14,21-22,28H,1-2,7,10-13,15-18H2,(H,29,32). The second-order valence-corrected chi connectivity index (χ2v) is 10.1. The number of hydrogen-bond acceptors (Lipinski definition) is 5. The molecule has 4 aliphatic rings. The van der Waals surface area contributed by atoms with Crippen LogP contribution in [0.25, 0.3) is 0 Å². The maximum atomic E-state index is 12.0. The molecule has 6 nitrogen and oxygen atoms in total. The second-order valence-electron chi connectivity index (χ2n) is 10.1. The van der Waals surface area contributed by atoms with Crippen LogP contribution >= 0.6 is 0 Å². The van der Waals surface area contributed by atoms with Crippen molar-refractivity contribution >= 4 is 0 Å². The molecule has 2 fully saturated rings. The molecule has 6 heteroatoms. The third-order valence-corrected chi connectivity index (χ3v) is 8.21. The average Bonchev–Trinajstić information content (AvgIpc) is 2.80. The quantitative estimate of drug-likeness (QED) is 0.728. The first kappa shape index (κ1) is 20.3. The van der Waals surface area contributed by atoms with Gasteiger partial charge in [-0.15, -0.1) is 0 Å². The van der Waals surface area contributed by atoms with Gasteiger partial charge in [-0.05, 0) is 73.4 Å². The van der Waals surface area contributed by atoms with Gasteiger partial charge in [0.25, 0.3) is 0 Å². The molecule has 2 aromatic heterocycles. The van der Waals surface area contributed by atoms with Crippen LogP contribution < -0.4 is 10.9 Å². The van der Waals surface area contributed by atoms with Crippen LogP contribution in [-0.2, 0) is 18.5 Å². The van der Waals surface area contributed by atoms with E-state index >= 15 is 0 Å². The zero-order valence-electron chi connectivity index (χ0n) is 18.7. The predicted octanol–water partition coefficient (Wildman–Crippen LogP) is 2.29. The highest BCUT2D eigenvalue weighted by atomic mass is 16.1. The van der Waals surface area contributed by atoms with Crippen LogP contribution in [0.1, 0.15) is 36.1 Å². The summed E-state index contributed by atoms with van der Waals surface area (Å²) in [6, 6.07) is 8.07. The smallest absolute Gasteiger partial charge is 0.248 e. The molecule has 0 amide bonds. The van der Waals surface area contributed by atoms with Crippen molar-refractivity contribution in [1.29, 1.82) is 0 Å². The molecule has 2 aromatic rings. The summed E-state index contributed by atoms with van der Waals surface area (Å²) in [4.78, 5) is 24.5. The van der Waals surface area contributed by atoms with Crippen molar-refractivity contribution in [1.82, 2.24) is 25.1 Å². The summed E-state index contributed by atoms with van der Waals surface area (Å²) in [5, 5.41) is 3.95. The maximum Gasteiger partial charge on any atom is 0.248 e. The van der Waals surface area contributed by atoms with Gasteiger partial charge in [-0.1, -0.05) is 11.6 Å². The fourth-order valence-electron chi connectivity index (χ4n) is 6.79. The molecule has 2 aliphatic heterocycles. The first-order valence-electron chi connectivity index (χ1n) is 12.2. The number of hydrogen-bond donors (Lipinski definition) is 2. The largest absolute Gasteiger partial charge is 0.326 e. The number of aromatic nitrogens is 2. The van der Waals surface area contributed by atoms with Gasteiger partial charge in [-0.3, -0.25) is 19.6 Å². The van der Waals surface area contributed by atoms with Gasteiger partial charge in [0.2, 0.25) is 5.56 Å². The molecular weight excluding hydrogens is 398 g/mol. The number of nitrogens with zero attached hydrogens (tertiary/aromatic N) is 3. The van der Waals surface area contributed by atoms with E-state index in [4.69, 9.17) is 0 Å². The number of rotatable bonds is 4. The first-order chi connectivity index (χ1) is 15.7. The Morgan fingerprint density at radius 1 is 1.03 bits per heavy atom. The lowest BCUT2D eigenvalue weighted by Gasteiger charge is -2.55. The number of nitrogens with one attached hydrogen (secondary N) is 2. The van der Waals surface area contributed by atoms with Crippen LogP contribution in [-0.4, -0.2) is 59.0 Å². The molecule has 0 saturated carbocycles. The van der Waals surface area contributed by atoms with Gasteiger partial charge in [0, 0.05) is 63.4 Å². The number of allylic oxidation sites excluding steroid dienone is 1. The van der Waals surface area contributed by atoms with E-state index < -0.39 is 0 Å². The number of fused-ring (bicyclic) bond motifs is 1. The Hall–Kier alpha value is -2.28. The Morgan fingerprint density at radius 2 is 1.81 bits per heavy atom. The summed E-state index contributed by atoms with van der Waals surface area (Å²) in [6.07, 6.45) is 10.9. The van der Waals surface area contributed by atoms with Crippen molar-refractivity contribution in [2.24, 2.45) is 11.8 Å². The van der Waals surface area contributed by atoms with E-state index in [9.17, 15) is 4.79 Å². The zero-order valence-corrected chi connectivity index (χ0v) is 18.7. The van der Waals surface area contributed by atoms with Crippen LogP contribution in [0.15, 0.2) is 53.1 Å². The van der Waals surface area contributed by atoms with Crippen LogP contribution in [0, 0.1) is 11.8 Å². The Morgan fingerprint density at radius 3 is 2.62 bits per heavy atom. The summed E-state index contributed by atoms with van der Waals surface area (Å²) < 4.78 is 0. The molecule has 4 heterocycles. The van der Waals surface area contributed by atoms with Gasteiger partial charge in [0.1, 0.15) is 0 Å². The molecule has 3 atom stereocenters. The third kappa shape index (κ3) is 3.64. The molecule has 3 unspecified atom stereocenters. The number of pyridine rings is 2. The Balaban J connectivity index is 1.16. The van der Waals surface area contributed by atoms with E-state index in [1.54, 1.807) is 11.6 Å². The molecule has 6 rings (SSSR count). The molecule has 0 aromatic carbocycles. The van der Waals surface area contributed by atoms with E-state index in [1.807, 2.05) is 12.4 Å². The zero-order chi connectivity index (χ0) is 21.5.